The van der Waals surface area contributed by atoms with E-state index in [9.17, 15) is 4.79 Å². The molecule has 1 aliphatic rings. The first-order chi connectivity index (χ1) is 8.75. The largest absolute Gasteiger partial charge is 0.443 e. The van der Waals surface area contributed by atoms with Gasteiger partial charge in [0.15, 0.2) is 0 Å². The summed E-state index contributed by atoms with van der Waals surface area (Å²) in [5.74, 6) is 0. The first-order valence-electron chi connectivity index (χ1n) is 5.90. The lowest BCUT2D eigenvalue weighted by Gasteiger charge is -2.05. The number of hydrogen-bond donors (Lipinski definition) is 1. The molecule has 96 valence electrons. The standard InChI is InChI=1S/C13H16N2O3/c1-10-12(7-8-17-10)14-15-13(16)18-9-11-5-3-2-4-6-11/h2-6,10H,7-9H2,1H3,(H,15,16)/b14-12-. The van der Waals surface area contributed by atoms with Crippen LogP contribution in [0.1, 0.15) is 18.9 Å². The number of nitrogens with one attached hydrogen (secondary N) is 1. The Bertz CT molecular complexity index is 431. The molecule has 1 saturated heterocycles. The fourth-order valence-corrected chi connectivity index (χ4v) is 1.66. The molecule has 1 aromatic carbocycles. The molecule has 1 aromatic rings. The number of carbonyl (C=O) groups is 1. The Morgan fingerprint density at radius 2 is 2.28 bits per heavy atom. The van der Waals surface area contributed by atoms with E-state index in [2.05, 4.69) is 10.5 Å². The van der Waals surface area contributed by atoms with Gasteiger partial charge >= 0.3 is 6.09 Å². The zero-order chi connectivity index (χ0) is 12.8. The maximum atomic E-state index is 11.4. The van der Waals surface area contributed by atoms with Crippen molar-refractivity contribution in [3.63, 3.8) is 0 Å². The lowest BCUT2D eigenvalue weighted by Crippen LogP contribution is -2.22. The van der Waals surface area contributed by atoms with Gasteiger partial charge in [0, 0.05) is 6.42 Å². The van der Waals surface area contributed by atoms with Gasteiger partial charge in [-0.05, 0) is 12.5 Å². The van der Waals surface area contributed by atoms with Crippen molar-refractivity contribution in [3.05, 3.63) is 35.9 Å². The molecule has 1 aliphatic heterocycles. The second-order valence-corrected chi connectivity index (χ2v) is 4.04. The predicted molar refractivity (Wildman–Crippen MR) is 67.2 cm³/mol. The topological polar surface area (TPSA) is 59.9 Å². The van der Waals surface area contributed by atoms with Gasteiger partial charge in [-0.3, -0.25) is 0 Å². The van der Waals surface area contributed by atoms with Crippen molar-refractivity contribution in [3.8, 4) is 0 Å². The number of hydrogen-bond acceptors (Lipinski definition) is 4. The number of ether oxygens (including phenoxy) is 2. The van der Waals surface area contributed by atoms with Gasteiger partial charge in [-0.15, -0.1) is 0 Å². The molecule has 0 aliphatic carbocycles. The molecule has 18 heavy (non-hydrogen) atoms. The molecule has 0 radical (unpaired) electrons. The summed E-state index contributed by atoms with van der Waals surface area (Å²) >= 11 is 0. The van der Waals surface area contributed by atoms with Crippen LogP contribution in [0.2, 0.25) is 0 Å². The van der Waals surface area contributed by atoms with Crippen LogP contribution in [0, 0.1) is 0 Å². The summed E-state index contributed by atoms with van der Waals surface area (Å²) in [4.78, 5) is 11.4. The SMILES string of the molecule is CC1OCC/C1=N/NC(=O)OCc1ccccc1. The fourth-order valence-electron chi connectivity index (χ4n) is 1.66. The average Bonchev–Trinajstić information content (AvgIpc) is 2.81. The summed E-state index contributed by atoms with van der Waals surface area (Å²) < 4.78 is 10.3. The summed E-state index contributed by atoms with van der Waals surface area (Å²) in [7, 11) is 0. The van der Waals surface area contributed by atoms with Crippen molar-refractivity contribution in [2.75, 3.05) is 6.61 Å². The third kappa shape index (κ3) is 3.56. The van der Waals surface area contributed by atoms with Gasteiger partial charge in [-0.2, -0.15) is 5.10 Å². The van der Waals surface area contributed by atoms with Crippen LogP contribution in [0.3, 0.4) is 0 Å². The highest BCUT2D eigenvalue weighted by Gasteiger charge is 2.18. The molecular formula is C13H16N2O3. The molecule has 1 fully saturated rings. The number of hydrazone groups is 1. The predicted octanol–water partition coefficient (Wildman–Crippen LogP) is 2.08. The van der Waals surface area contributed by atoms with Crippen LogP contribution in [0.25, 0.3) is 0 Å². The Morgan fingerprint density at radius 3 is 2.94 bits per heavy atom. The zero-order valence-corrected chi connectivity index (χ0v) is 10.3. The summed E-state index contributed by atoms with van der Waals surface area (Å²) in [5.41, 5.74) is 4.15. The smallest absolute Gasteiger partial charge is 0.428 e. The van der Waals surface area contributed by atoms with Gasteiger partial charge in [0.25, 0.3) is 0 Å². The van der Waals surface area contributed by atoms with E-state index in [4.69, 9.17) is 9.47 Å². The molecule has 1 amide bonds. The van der Waals surface area contributed by atoms with Crippen molar-refractivity contribution < 1.29 is 14.3 Å². The van der Waals surface area contributed by atoms with Gasteiger partial charge in [0.05, 0.1) is 18.4 Å². The highest BCUT2D eigenvalue weighted by atomic mass is 16.6. The van der Waals surface area contributed by atoms with Crippen LogP contribution in [0.5, 0.6) is 0 Å². The summed E-state index contributed by atoms with van der Waals surface area (Å²) in [5, 5.41) is 3.98. The van der Waals surface area contributed by atoms with E-state index >= 15 is 0 Å². The van der Waals surface area contributed by atoms with Crippen LogP contribution in [0.4, 0.5) is 4.79 Å². The van der Waals surface area contributed by atoms with Gasteiger partial charge in [0.1, 0.15) is 6.61 Å². The second kappa shape index (κ2) is 6.16. The molecule has 1 heterocycles. The molecule has 1 N–H and O–H groups in total. The molecule has 0 spiro atoms. The van der Waals surface area contributed by atoms with E-state index in [1.807, 2.05) is 37.3 Å². The first kappa shape index (κ1) is 12.6. The molecular weight excluding hydrogens is 232 g/mol. The van der Waals surface area contributed by atoms with Crippen LogP contribution in [-0.2, 0) is 16.1 Å². The minimum atomic E-state index is -0.551. The second-order valence-electron chi connectivity index (χ2n) is 4.04. The van der Waals surface area contributed by atoms with Crippen LogP contribution in [-0.4, -0.2) is 24.5 Å². The Hall–Kier alpha value is -1.88. The molecule has 5 heteroatoms. The zero-order valence-electron chi connectivity index (χ0n) is 10.3. The van der Waals surface area contributed by atoms with Crippen molar-refractivity contribution in [1.82, 2.24) is 5.43 Å². The van der Waals surface area contributed by atoms with E-state index in [-0.39, 0.29) is 12.7 Å². The molecule has 1 unspecified atom stereocenters. The highest BCUT2D eigenvalue weighted by molar-refractivity contribution is 5.90. The van der Waals surface area contributed by atoms with Crippen molar-refractivity contribution in [2.24, 2.45) is 5.10 Å². The van der Waals surface area contributed by atoms with Crippen molar-refractivity contribution in [1.29, 1.82) is 0 Å². The molecule has 1 atom stereocenters. The Balaban J connectivity index is 1.76. The van der Waals surface area contributed by atoms with E-state index in [1.54, 1.807) is 0 Å². The highest BCUT2D eigenvalue weighted by Crippen LogP contribution is 2.08. The third-order valence-corrected chi connectivity index (χ3v) is 2.70. The maximum Gasteiger partial charge on any atom is 0.428 e. The van der Waals surface area contributed by atoms with Gasteiger partial charge in [-0.25, -0.2) is 10.2 Å². The van der Waals surface area contributed by atoms with Crippen molar-refractivity contribution in [2.45, 2.75) is 26.1 Å². The summed E-state index contributed by atoms with van der Waals surface area (Å²) in [6.07, 6.45) is 0.171. The Kier molecular flexibility index (Phi) is 4.30. The van der Waals surface area contributed by atoms with E-state index in [0.717, 1.165) is 17.7 Å². The lowest BCUT2D eigenvalue weighted by atomic mass is 10.2. The number of amides is 1. The van der Waals surface area contributed by atoms with Gasteiger partial charge < -0.3 is 9.47 Å². The maximum absolute atomic E-state index is 11.4. The Morgan fingerprint density at radius 1 is 1.50 bits per heavy atom. The lowest BCUT2D eigenvalue weighted by molar-refractivity contribution is 0.139. The monoisotopic (exact) mass is 248 g/mol. The fraction of sp³-hybridized carbons (Fsp3) is 0.385. The first-order valence-corrected chi connectivity index (χ1v) is 5.90. The third-order valence-electron chi connectivity index (χ3n) is 2.70. The summed E-state index contributed by atoms with van der Waals surface area (Å²) in [6, 6.07) is 9.50. The minimum Gasteiger partial charge on any atom is -0.443 e. The van der Waals surface area contributed by atoms with Crippen molar-refractivity contribution >= 4 is 11.8 Å². The number of rotatable bonds is 3. The van der Waals surface area contributed by atoms with Crippen LogP contribution >= 0.6 is 0 Å². The molecule has 5 nitrogen and oxygen atoms in total. The molecule has 0 aromatic heterocycles. The molecule has 0 saturated carbocycles. The number of carbonyl (C=O) groups excluding carboxylic acids is 1. The normalized spacial score (nSPS) is 20.9. The van der Waals surface area contributed by atoms with E-state index < -0.39 is 6.09 Å². The van der Waals surface area contributed by atoms with Gasteiger partial charge in [-0.1, -0.05) is 30.3 Å². The Labute approximate surface area is 106 Å². The number of benzene rings is 1. The average molecular weight is 248 g/mol. The van der Waals surface area contributed by atoms with E-state index in [1.165, 1.54) is 0 Å². The van der Waals surface area contributed by atoms with E-state index in [0.29, 0.717) is 6.61 Å². The van der Waals surface area contributed by atoms with Crippen LogP contribution < -0.4 is 5.43 Å². The minimum absolute atomic E-state index is 0.0283. The quantitative estimate of drug-likeness (QED) is 0.833. The van der Waals surface area contributed by atoms with Gasteiger partial charge in [0.2, 0.25) is 0 Å². The summed E-state index contributed by atoms with van der Waals surface area (Å²) in [6.45, 7) is 2.80. The number of nitrogens with zero attached hydrogens (tertiary/aromatic N) is 1. The van der Waals surface area contributed by atoms with Crippen LogP contribution in [0.15, 0.2) is 35.4 Å². The molecule has 2 rings (SSSR count). The molecule has 0 bridgehead atoms.